The van der Waals surface area contributed by atoms with Crippen molar-refractivity contribution in [1.82, 2.24) is 10.2 Å². The van der Waals surface area contributed by atoms with Crippen molar-refractivity contribution >= 4 is 29.1 Å². The number of benzene rings is 1. The maximum Gasteiger partial charge on any atom is 0.255 e. The normalized spacial score (nSPS) is 24.0. The zero-order valence-electron chi connectivity index (χ0n) is 13.7. The predicted molar refractivity (Wildman–Crippen MR) is 93.6 cm³/mol. The van der Waals surface area contributed by atoms with Gasteiger partial charge >= 0.3 is 0 Å². The number of rotatable bonds is 3. The molecule has 5 nitrogen and oxygen atoms in total. The number of carbonyl (C=O) groups is 1. The van der Waals surface area contributed by atoms with E-state index in [1.54, 1.807) is 19.2 Å². The molecule has 7 heteroatoms. The molecule has 0 aliphatic carbocycles. The number of carbonyl (C=O) groups excluding carboxylic acids is 1. The molecule has 0 radical (unpaired) electrons. The number of amides is 1. The highest BCUT2D eigenvalue weighted by atomic mass is 35.5. The predicted octanol–water partition coefficient (Wildman–Crippen LogP) is 2.66. The summed E-state index contributed by atoms with van der Waals surface area (Å²) in [5.41, 5.74) is 0.212. The molecule has 2 heterocycles. The first kappa shape index (κ1) is 18.0. The molecule has 2 aliphatic heterocycles. The van der Waals surface area contributed by atoms with E-state index in [1.807, 2.05) is 11.0 Å². The van der Waals surface area contributed by atoms with Crippen molar-refractivity contribution in [1.29, 1.82) is 0 Å². The quantitative estimate of drug-likeness (QED) is 0.885. The minimum atomic E-state index is -0.717. The SMILES string of the molecule is COC1(C(=O)N2CCOC(c3ccc(Cl)c(Cl)c3)C2)CCNCC1. The van der Waals surface area contributed by atoms with Gasteiger partial charge in [-0.3, -0.25) is 4.79 Å². The average Bonchev–Trinajstić information content (AvgIpc) is 2.64. The molecule has 0 spiro atoms. The summed E-state index contributed by atoms with van der Waals surface area (Å²) in [5, 5.41) is 4.28. The van der Waals surface area contributed by atoms with Crippen LogP contribution < -0.4 is 5.32 Å². The second-order valence-corrected chi connectivity index (χ2v) is 7.05. The van der Waals surface area contributed by atoms with E-state index in [0.29, 0.717) is 42.6 Å². The van der Waals surface area contributed by atoms with Crippen LogP contribution in [0.4, 0.5) is 0 Å². The zero-order valence-corrected chi connectivity index (χ0v) is 15.2. The molecule has 1 unspecified atom stereocenters. The van der Waals surface area contributed by atoms with Crippen LogP contribution in [0.3, 0.4) is 0 Å². The second-order valence-electron chi connectivity index (χ2n) is 6.23. The van der Waals surface area contributed by atoms with E-state index in [0.717, 1.165) is 18.7 Å². The molecule has 1 N–H and O–H groups in total. The van der Waals surface area contributed by atoms with Crippen molar-refractivity contribution in [2.24, 2.45) is 0 Å². The van der Waals surface area contributed by atoms with Crippen molar-refractivity contribution in [3.05, 3.63) is 33.8 Å². The lowest BCUT2D eigenvalue weighted by Crippen LogP contribution is -2.57. The van der Waals surface area contributed by atoms with Crippen LogP contribution in [-0.2, 0) is 14.3 Å². The average molecular weight is 373 g/mol. The Morgan fingerprint density at radius 3 is 2.75 bits per heavy atom. The van der Waals surface area contributed by atoms with Gasteiger partial charge in [-0.25, -0.2) is 0 Å². The molecule has 1 aromatic rings. The van der Waals surface area contributed by atoms with Crippen molar-refractivity contribution in [3.63, 3.8) is 0 Å². The van der Waals surface area contributed by atoms with Crippen LogP contribution in [0.2, 0.25) is 10.0 Å². The summed E-state index contributed by atoms with van der Waals surface area (Å²) in [7, 11) is 1.63. The Morgan fingerprint density at radius 1 is 1.33 bits per heavy atom. The van der Waals surface area contributed by atoms with Gasteiger partial charge in [0, 0.05) is 13.7 Å². The molecule has 2 saturated heterocycles. The van der Waals surface area contributed by atoms with Gasteiger partial charge in [-0.1, -0.05) is 29.3 Å². The van der Waals surface area contributed by atoms with Crippen LogP contribution in [0.5, 0.6) is 0 Å². The smallest absolute Gasteiger partial charge is 0.255 e. The molecule has 0 saturated carbocycles. The fourth-order valence-electron chi connectivity index (χ4n) is 3.37. The van der Waals surface area contributed by atoms with Crippen LogP contribution in [0.25, 0.3) is 0 Å². The Balaban J connectivity index is 1.74. The maximum atomic E-state index is 13.1. The van der Waals surface area contributed by atoms with E-state index in [1.165, 1.54) is 0 Å². The van der Waals surface area contributed by atoms with Gasteiger partial charge in [-0.2, -0.15) is 0 Å². The summed E-state index contributed by atoms with van der Waals surface area (Å²) in [6.45, 7) is 3.15. The van der Waals surface area contributed by atoms with E-state index in [-0.39, 0.29) is 12.0 Å². The van der Waals surface area contributed by atoms with Crippen molar-refractivity contribution in [3.8, 4) is 0 Å². The summed E-state index contributed by atoms with van der Waals surface area (Å²) < 4.78 is 11.5. The lowest BCUT2D eigenvalue weighted by molar-refractivity contribution is -0.165. The third-order valence-electron chi connectivity index (χ3n) is 4.86. The molecular formula is C17H22Cl2N2O3. The topological polar surface area (TPSA) is 50.8 Å². The van der Waals surface area contributed by atoms with Crippen LogP contribution in [0.1, 0.15) is 24.5 Å². The Kier molecular flexibility index (Phi) is 5.67. The van der Waals surface area contributed by atoms with Gasteiger partial charge in [0.1, 0.15) is 11.7 Å². The van der Waals surface area contributed by atoms with Gasteiger partial charge in [0.05, 0.1) is 23.2 Å². The maximum absolute atomic E-state index is 13.1. The molecule has 3 rings (SSSR count). The van der Waals surface area contributed by atoms with Gasteiger partial charge in [0.15, 0.2) is 0 Å². The van der Waals surface area contributed by atoms with Crippen LogP contribution in [0, 0.1) is 0 Å². The first-order chi connectivity index (χ1) is 11.6. The zero-order chi connectivity index (χ0) is 17.2. The highest BCUT2D eigenvalue weighted by Gasteiger charge is 2.43. The minimum Gasteiger partial charge on any atom is -0.370 e. The van der Waals surface area contributed by atoms with E-state index >= 15 is 0 Å². The number of nitrogens with one attached hydrogen (secondary N) is 1. The number of methoxy groups -OCH3 is 1. The molecule has 132 valence electrons. The van der Waals surface area contributed by atoms with Gasteiger partial charge in [-0.05, 0) is 43.6 Å². The summed E-state index contributed by atoms with van der Waals surface area (Å²) in [5.74, 6) is 0.0554. The van der Waals surface area contributed by atoms with Gasteiger partial charge in [0.25, 0.3) is 5.91 Å². The molecule has 24 heavy (non-hydrogen) atoms. The Bertz CT molecular complexity index is 605. The number of ether oxygens (including phenoxy) is 2. The number of hydrogen-bond donors (Lipinski definition) is 1. The van der Waals surface area contributed by atoms with Crippen molar-refractivity contribution < 1.29 is 14.3 Å². The molecule has 1 aromatic carbocycles. The first-order valence-electron chi connectivity index (χ1n) is 8.17. The van der Waals surface area contributed by atoms with Gasteiger partial charge in [-0.15, -0.1) is 0 Å². The second kappa shape index (κ2) is 7.58. The molecule has 2 aliphatic rings. The third kappa shape index (κ3) is 3.55. The third-order valence-corrected chi connectivity index (χ3v) is 5.60. The molecule has 2 fully saturated rings. The number of hydrogen-bond acceptors (Lipinski definition) is 4. The van der Waals surface area contributed by atoms with Crippen molar-refractivity contribution in [2.75, 3.05) is 39.9 Å². The van der Waals surface area contributed by atoms with Gasteiger partial charge in [0.2, 0.25) is 0 Å². The van der Waals surface area contributed by atoms with E-state index < -0.39 is 5.60 Å². The van der Waals surface area contributed by atoms with Crippen LogP contribution in [-0.4, -0.2) is 56.3 Å². The number of nitrogens with zero attached hydrogens (tertiary/aromatic N) is 1. The summed E-state index contributed by atoms with van der Waals surface area (Å²) in [6, 6.07) is 5.45. The Hall–Kier alpha value is -0.850. The molecule has 1 amide bonds. The Labute approximate surface area is 152 Å². The van der Waals surface area contributed by atoms with Crippen molar-refractivity contribution in [2.45, 2.75) is 24.5 Å². The van der Waals surface area contributed by atoms with E-state index in [9.17, 15) is 4.79 Å². The molecular weight excluding hydrogens is 351 g/mol. The van der Waals surface area contributed by atoms with Crippen LogP contribution >= 0.6 is 23.2 Å². The lowest BCUT2D eigenvalue weighted by Gasteiger charge is -2.41. The number of morpholine rings is 1. The summed E-state index contributed by atoms with van der Waals surface area (Å²) >= 11 is 12.1. The molecule has 0 aromatic heterocycles. The molecule has 0 bridgehead atoms. The van der Waals surface area contributed by atoms with Gasteiger partial charge < -0.3 is 19.7 Å². The molecule has 1 atom stereocenters. The monoisotopic (exact) mass is 372 g/mol. The summed E-state index contributed by atoms with van der Waals surface area (Å²) in [4.78, 5) is 14.9. The number of piperidine rings is 1. The minimum absolute atomic E-state index is 0.0554. The highest BCUT2D eigenvalue weighted by molar-refractivity contribution is 6.42. The van der Waals surface area contributed by atoms with Crippen LogP contribution in [0.15, 0.2) is 18.2 Å². The standard InChI is InChI=1S/C17H22Cl2N2O3/c1-23-17(4-6-20-7-5-17)16(22)21-8-9-24-15(11-21)12-2-3-13(18)14(19)10-12/h2-3,10,15,20H,4-9,11H2,1H3. The fraction of sp³-hybridized carbons (Fsp3) is 0.588. The Morgan fingerprint density at radius 2 is 2.08 bits per heavy atom. The van der Waals surface area contributed by atoms with E-state index in [2.05, 4.69) is 5.32 Å². The highest BCUT2D eigenvalue weighted by Crippen LogP contribution is 2.31. The largest absolute Gasteiger partial charge is 0.370 e. The lowest BCUT2D eigenvalue weighted by atomic mass is 9.90. The number of halogens is 2. The summed E-state index contributed by atoms with van der Waals surface area (Å²) in [6.07, 6.45) is 1.18. The van der Waals surface area contributed by atoms with E-state index in [4.69, 9.17) is 32.7 Å². The first-order valence-corrected chi connectivity index (χ1v) is 8.93. The fourth-order valence-corrected chi connectivity index (χ4v) is 3.68.